The van der Waals surface area contributed by atoms with Gasteiger partial charge in [-0.1, -0.05) is 18.2 Å². The minimum absolute atomic E-state index is 0.184. The third-order valence-corrected chi connectivity index (χ3v) is 2.55. The third kappa shape index (κ3) is 1.99. The Morgan fingerprint density at radius 1 is 1.18 bits per heavy atom. The van der Waals surface area contributed by atoms with Crippen LogP contribution >= 0.6 is 0 Å². The number of H-pyrrole nitrogens is 1. The van der Waals surface area contributed by atoms with E-state index >= 15 is 0 Å². The molecule has 7 nitrogen and oxygen atoms in total. The first kappa shape index (κ1) is 10.2. The first-order valence-electron chi connectivity index (χ1n) is 5.22. The van der Waals surface area contributed by atoms with E-state index in [4.69, 9.17) is 0 Å². The largest absolute Gasteiger partial charge is 0.351 e. The average molecular weight is 232 g/mol. The van der Waals surface area contributed by atoms with Gasteiger partial charge >= 0.3 is 0 Å². The van der Waals surface area contributed by atoms with Gasteiger partial charge in [0.2, 0.25) is 0 Å². The van der Waals surface area contributed by atoms with Crippen LogP contribution in [0.3, 0.4) is 0 Å². The van der Waals surface area contributed by atoms with Crippen LogP contribution in [-0.4, -0.2) is 17.2 Å². The molecular formula is C10H12N6O. The number of para-hydroxylation sites is 1. The number of fused-ring (bicyclic) bond motifs is 1. The molecule has 1 aliphatic heterocycles. The predicted molar refractivity (Wildman–Crippen MR) is 62.1 cm³/mol. The summed E-state index contributed by atoms with van der Waals surface area (Å²) in [6.07, 6.45) is -0.353. The molecule has 0 unspecified atom stereocenters. The number of hydrazine groups is 3. The SMILES string of the molecule is O=C(NC1NNNN1)c1cc2ccccc2[nH]1. The van der Waals surface area contributed by atoms with Crippen LogP contribution in [0.2, 0.25) is 0 Å². The van der Waals surface area contributed by atoms with Crippen LogP contribution in [0.5, 0.6) is 0 Å². The maximum atomic E-state index is 11.9. The lowest BCUT2D eigenvalue weighted by Crippen LogP contribution is -2.49. The van der Waals surface area contributed by atoms with Gasteiger partial charge in [0.1, 0.15) is 5.69 Å². The molecule has 1 fully saturated rings. The van der Waals surface area contributed by atoms with Crippen LogP contribution in [0.4, 0.5) is 0 Å². The Morgan fingerprint density at radius 3 is 2.71 bits per heavy atom. The molecule has 1 saturated heterocycles. The van der Waals surface area contributed by atoms with E-state index in [1.54, 1.807) is 0 Å². The smallest absolute Gasteiger partial charge is 0.270 e. The van der Waals surface area contributed by atoms with Gasteiger partial charge in [0.05, 0.1) is 0 Å². The summed E-state index contributed by atoms with van der Waals surface area (Å²) in [6, 6.07) is 9.57. The fraction of sp³-hybridized carbons (Fsp3) is 0.100. The van der Waals surface area contributed by atoms with Crippen LogP contribution in [-0.2, 0) is 0 Å². The highest BCUT2D eigenvalue weighted by Gasteiger charge is 2.17. The van der Waals surface area contributed by atoms with Crippen LogP contribution < -0.4 is 27.2 Å². The van der Waals surface area contributed by atoms with Crippen molar-refractivity contribution in [3.63, 3.8) is 0 Å². The van der Waals surface area contributed by atoms with Gasteiger partial charge in [-0.05, 0) is 12.1 Å². The number of rotatable bonds is 2. The van der Waals surface area contributed by atoms with E-state index in [1.807, 2.05) is 30.3 Å². The molecule has 0 atom stereocenters. The zero-order valence-corrected chi connectivity index (χ0v) is 8.87. The molecule has 3 rings (SSSR count). The molecule has 2 aromatic rings. The molecule has 1 aromatic carbocycles. The monoisotopic (exact) mass is 232 g/mol. The van der Waals surface area contributed by atoms with Crippen LogP contribution in [0.1, 0.15) is 10.5 Å². The minimum Gasteiger partial charge on any atom is -0.351 e. The van der Waals surface area contributed by atoms with Crippen molar-refractivity contribution in [3.05, 3.63) is 36.0 Å². The van der Waals surface area contributed by atoms with E-state index in [1.165, 1.54) is 0 Å². The standard InChI is InChI=1S/C10H12N6O/c17-9(12-10-13-15-16-14-10)8-5-6-3-1-2-4-7(6)11-8/h1-5,10-11,13-16H,(H,12,17). The lowest BCUT2D eigenvalue weighted by Gasteiger charge is -2.09. The molecule has 17 heavy (non-hydrogen) atoms. The normalized spacial score (nSPS) is 16.5. The fourth-order valence-electron chi connectivity index (χ4n) is 1.73. The second kappa shape index (κ2) is 4.15. The lowest BCUT2D eigenvalue weighted by molar-refractivity contribution is 0.0922. The van der Waals surface area contributed by atoms with Crippen molar-refractivity contribution in [2.75, 3.05) is 0 Å². The van der Waals surface area contributed by atoms with E-state index in [0.29, 0.717) is 5.69 Å². The number of hydrogen-bond donors (Lipinski definition) is 6. The molecule has 0 saturated carbocycles. The molecule has 0 radical (unpaired) electrons. The topological polar surface area (TPSA) is 93.0 Å². The zero-order chi connectivity index (χ0) is 11.7. The van der Waals surface area contributed by atoms with Crippen molar-refractivity contribution in [1.29, 1.82) is 0 Å². The molecule has 88 valence electrons. The Hall–Kier alpha value is -1.93. The third-order valence-electron chi connectivity index (χ3n) is 2.55. The summed E-state index contributed by atoms with van der Waals surface area (Å²) in [5, 5.41) is 3.75. The van der Waals surface area contributed by atoms with Gasteiger partial charge in [-0.2, -0.15) is 11.1 Å². The predicted octanol–water partition coefficient (Wildman–Crippen LogP) is -0.702. The maximum absolute atomic E-state index is 11.9. The van der Waals surface area contributed by atoms with Gasteiger partial charge in [0, 0.05) is 10.9 Å². The quantitative estimate of drug-likeness (QED) is 0.412. The van der Waals surface area contributed by atoms with E-state index in [0.717, 1.165) is 10.9 Å². The number of nitrogens with one attached hydrogen (secondary N) is 6. The number of aromatic nitrogens is 1. The summed E-state index contributed by atoms with van der Waals surface area (Å²) in [6.45, 7) is 0. The fourth-order valence-corrected chi connectivity index (χ4v) is 1.73. The van der Waals surface area contributed by atoms with E-state index in [2.05, 4.69) is 32.2 Å². The summed E-state index contributed by atoms with van der Waals surface area (Å²) < 4.78 is 0. The summed E-state index contributed by atoms with van der Waals surface area (Å²) in [4.78, 5) is 15.0. The van der Waals surface area contributed by atoms with Gasteiger partial charge in [0.25, 0.3) is 5.91 Å². The van der Waals surface area contributed by atoms with Gasteiger partial charge in [-0.25, -0.2) is 10.9 Å². The number of carbonyl (C=O) groups excluding carboxylic acids is 1. The first-order chi connectivity index (χ1) is 8.33. The summed E-state index contributed by atoms with van der Waals surface area (Å²) in [5.41, 5.74) is 12.3. The second-order valence-corrected chi connectivity index (χ2v) is 3.72. The number of benzene rings is 1. The summed E-state index contributed by atoms with van der Waals surface area (Å²) >= 11 is 0. The minimum atomic E-state index is -0.353. The molecule has 0 spiro atoms. The van der Waals surface area contributed by atoms with Crippen molar-refractivity contribution in [3.8, 4) is 0 Å². The number of carbonyl (C=O) groups is 1. The molecule has 6 N–H and O–H groups in total. The molecule has 0 aliphatic carbocycles. The van der Waals surface area contributed by atoms with Gasteiger partial charge in [-0.15, -0.1) is 0 Å². The number of amides is 1. The van der Waals surface area contributed by atoms with E-state index in [9.17, 15) is 4.79 Å². The second-order valence-electron chi connectivity index (χ2n) is 3.72. The van der Waals surface area contributed by atoms with Crippen LogP contribution in [0, 0.1) is 0 Å². The highest BCUT2D eigenvalue weighted by Crippen LogP contribution is 2.14. The molecule has 1 aromatic heterocycles. The van der Waals surface area contributed by atoms with Gasteiger partial charge in [-0.3, -0.25) is 4.79 Å². The lowest BCUT2D eigenvalue weighted by atomic mass is 10.2. The Morgan fingerprint density at radius 2 is 1.94 bits per heavy atom. The highest BCUT2D eigenvalue weighted by molar-refractivity contribution is 5.98. The zero-order valence-electron chi connectivity index (χ0n) is 8.87. The van der Waals surface area contributed by atoms with E-state index in [-0.39, 0.29) is 12.2 Å². The molecule has 2 heterocycles. The molecule has 7 heteroatoms. The Kier molecular flexibility index (Phi) is 2.50. The molecule has 1 amide bonds. The van der Waals surface area contributed by atoms with Crippen LogP contribution in [0.25, 0.3) is 10.9 Å². The Balaban J connectivity index is 1.80. The van der Waals surface area contributed by atoms with Crippen LogP contribution in [0.15, 0.2) is 30.3 Å². The Labute approximate surface area is 96.9 Å². The van der Waals surface area contributed by atoms with Crippen molar-refractivity contribution in [2.24, 2.45) is 0 Å². The maximum Gasteiger partial charge on any atom is 0.270 e. The average Bonchev–Trinajstić information content (AvgIpc) is 2.96. The van der Waals surface area contributed by atoms with Crippen molar-refractivity contribution in [2.45, 2.75) is 6.29 Å². The number of hydrogen-bond acceptors (Lipinski definition) is 5. The van der Waals surface area contributed by atoms with Crippen molar-refractivity contribution >= 4 is 16.8 Å². The summed E-state index contributed by atoms with van der Waals surface area (Å²) in [5.74, 6) is -0.184. The first-order valence-corrected chi connectivity index (χ1v) is 5.22. The number of aromatic amines is 1. The Bertz CT molecular complexity index is 511. The van der Waals surface area contributed by atoms with Gasteiger partial charge < -0.3 is 10.3 Å². The van der Waals surface area contributed by atoms with E-state index < -0.39 is 0 Å². The molecule has 0 bridgehead atoms. The summed E-state index contributed by atoms with van der Waals surface area (Å²) in [7, 11) is 0. The highest BCUT2D eigenvalue weighted by atomic mass is 16.2. The molecule has 1 aliphatic rings. The van der Waals surface area contributed by atoms with Crippen molar-refractivity contribution < 1.29 is 4.79 Å². The van der Waals surface area contributed by atoms with Crippen molar-refractivity contribution in [1.82, 2.24) is 32.2 Å². The molecular weight excluding hydrogens is 220 g/mol. The van der Waals surface area contributed by atoms with Gasteiger partial charge in [0.15, 0.2) is 6.29 Å².